The molecule has 2 aromatic rings. The Bertz CT molecular complexity index is 707. The maximum atomic E-state index is 2.34. The molecule has 2 rings (SSSR count). The Morgan fingerprint density at radius 2 is 1.05 bits per heavy atom. The van der Waals surface area contributed by atoms with Crippen LogP contribution in [0.5, 0.6) is 0 Å². The average Bonchev–Trinajstić information content (AvgIpc) is 2.46. The molecular formula is C20H28N+. The second-order valence-corrected chi connectivity index (χ2v) is 6.48. The number of benzene rings is 1. The fourth-order valence-corrected chi connectivity index (χ4v) is 3.25. The van der Waals surface area contributed by atoms with Gasteiger partial charge in [0.05, 0.1) is 5.56 Å². The van der Waals surface area contributed by atoms with Crippen LogP contribution < -0.4 is 4.57 Å². The predicted octanol–water partition coefficient (Wildman–Crippen LogP) is 4.65. The Morgan fingerprint density at radius 1 is 0.619 bits per heavy atom. The minimum atomic E-state index is 1.33. The molecule has 0 aliphatic rings. The third kappa shape index (κ3) is 2.29. The molecule has 0 spiro atoms. The van der Waals surface area contributed by atoms with Crippen molar-refractivity contribution in [2.45, 2.75) is 55.4 Å². The van der Waals surface area contributed by atoms with Crippen molar-refractivity contribution in [2.75, 3.05) is 0 Å². The van der Waals surface area contributed by atoms with Crippen LogP contribution in [0.15, 0.2) is 6.07 Å². The minimum absolute atomic E-state index is 1.33. The molecule has 112 valence electrons. The second-order valence-electron chi connectivity index (χ2n) is 6.48. The summed E-state index contributed by atoms with van der Waals surface area (Å²) in [4.78, 5) is 0. The van der Waals surface area contributed by atoms with Gasteiger partial charge in [0.25, 0.3) is 0 Å². The molecule has 1 nitrogen and oxygen atoms in total. The quantitative estimate of drug-likeness (QED) is 0.671. The second kappa shape index (κ2) is 5.29. The molecule has 1 aromatic heterocycles. The van der Waals surface area contributed by atoms with E-state index in [1.165, 1.54) is 55.9 Å². The fourth-order valence-electron chi connectivity index (χ4n) is 3.25. The largest absolute Gasteiger partial charge is 0.213 e. The zero-order chi connectivity index (χ0) is 16.1. The predicted molar refractivity (Wildman–Crippen MR) is 91.0 cm³/mol. The van der Waals surface area contributed by atoms with Crippen molar-refractivity contribution < 1.29 is 4.57 Å². The normalized spacial score (nSPS) is 11.1. The van der Waals surface area contributed by atoms with E-state index >= 15 is 0 Å². The van der Waals surface area contributed by atoms with E-state index in [1.54, 1.807) is 0 Å². The van der Waals surface area contributed by atoms with Crippen molar-refractivity contribution >= 4 is 0 Å². The molecule has 21 heavy (non-hydrogen) atoms. The lowest BCUT2D eigenvalue weighted by Gasteiger charge is -2.18. The molecule has 0 aliphatic carbocycles. The number of nitrogens with zero attached hydrogens (tertiary/aromatic N) is 1. The zero-order valence-corrected chi connectivity index (χ0v) is 15.0. The number of aromatic nitrogens is 1. The van der Waals surface area contributed by atoms with E-state index in [0.717, 1.165) is 0 Å². The lowest BCUT2D eigenvalue weighted by molar-refractivity contribution is -0.667. The van der Waals surface area contributed by atoms with Crippen LogP contribution in [0.2, 0.25) is 0 Å². The maximum Gasteiger partial charge on any atom is 0.213 e. The highest BCUT2D eigenvalue weighted by Gasteiger charge is 2.22. The summed E-state index contributed by atoms with van der Waals surface area (Å²) in [5.74, 6) is 0. The molecule has 0 aliphatic heterocycles. The van der Waals surface area contributed by atoms with Crippen LogP contribution in [0.3, 0.4) is 0 Å². The third-order valence-electron chi connectivity index (χ3n) is 5.61. The van der Waals surface area contributed by atoms with Crippen molar-refractivity contribution in [3.63, 3.8) is 0 Å². The highest BCUT2D eigenvalue weighted by Crippen LogP contribution is 2.33. The Hall–Kier alpha value is -1.63. The first-order valence-electron chi connectivity index (χ1n) is 7.72. The van der Waals surface area contributed by atoms with E-state index in [1.807, 2.05) is 0 Å². The number of hydrogen-bond acceptors (Lipinski definition) is 0. The number of rotatable bonds is 1. The minimum Gasteiger partial charge on any atom is -0.198 e. The Kier molecular flexibility index (Phi) is 3.97. The summed E-state index contributed by atoms with van der Waals surface area (Å²) < 4.78 is 2.34. The molecule has 0 saturated heterocycles. The highest BCUT2D eigenvalue weighted by atomic mass is 14.9. The van der Waals surface area contributed by atoms with Gasteiger partial charge in [-0.1, -0.05) is 0 Å². The van der Waals surface area contributed by atoms with Gasteiger partial charge in [-0.15, -0.1) is 0 Å². The number of aryl methyl sites for hydroxylation is 1. The van der Waals surface area contributed by atoms with Crippen molar-refractivity contribution in [3.8, 4) is 11.3 Å². The van der Waals surface area contributed by atoms with Crippen LogP contribution in [0.1, 0.15) is 44.6 Å². The Balaban J connectivity index is 2.93. The monoisotopic (exact) mass is 282 g/mol. The number of hydrogen-bond donors (Lipinski definition) is 0. The van der Waals surface area contributed by atoms with Gasteiger partial charge in [-0.3, -0.25) is 0 Å². The lowest BCUT2D eigenvalue weighted by atomic mass is 9.87. The summed E-state index contributed by atoms with van der Waals surface area (Å²) in [5.41, 5.74) is 13.9. The lowest BCUT2D eigenvalue weighted by Crippen LogP contribution is -2.36. The van der Waals surface area contributed by atoms with Crippen molar-refractivity contribution in [2.24, 2.45) is 7.05 Å². The molecule has 0 atom stereocenters. The molecule has 0 saturated carbocycles. The first-order chi connectivity index (χ1) is 9.68. The van der Waals surface area contributed by atoms with Crippen molar-refractivity contribution in [1.29, 1.82) is 0 Å². The van der Waals surface area contributed by atoms with Crippen LogP contribution in [0, 0.1) is 55.4 Å². The maximum absolute atomic E-state index is 2.34. The van der Waals surface area contributed by atoms with Crippen LogP contribution in [-0.4, -0.2) is 0 Å². The van der Waals surface area contributed by atoms with Crippen molar-refractivity contribution in [3.05, 3.63) is 50.7 Å². The third-order valence-corrected chi connectivity index (χ3v) is 5.61. The first-order valence-corrected chi connectivity index (χ1v) is 7.72. The summed E-state index contributed by atoms with van der Waals surface area (Å²) in [5, 5.41) is 0. The topological polar surface area (TPSA) is 3.88 Å². The summed E-state index contributed by atoms with van der Waals surface area (Å²) in [6, 6.07) is 2.34. The van der Waals surface area contributed by atoms with E-state index in [-0.39, 0.29) is 0 Å². The number of pyridine rings is 1. The van der Waals surface area contributed by atoms with Gasteiger partial charge < -0.3 is 0 Å². The van der Waals surface area contributed by atoms with E-state index in [9.17, 15) is 0 Å². The fraction of sp³-hybridized carbons (Fsp3) is 0.450. The highest BCUT2D eigenvalue weighted by molar-refractivity contribution is 5.71. The van der Waals surface area contributed by atoms with Gasteiger partial charge in [-0.05, 0) is 81.8 Å². The summed E-state index contributed by atoms with van der Waals surface area (Å²) >= 11 is 0. The van der Waals surface area contributed by atoms with E-state index in [2.05, 4.69) is 73.1 Å². The molecule has 0 amide bonds. The van der Waals surface area contributed by atoms with E-state index in [0.29, 0.717) is 0 Å². The Labute approximate surface area is 129 Å². The molecule has 0 unspecified atom stereocenters. The molecule has 0 N–H and O–H groups in total. The SMILES string of the molecule is Cc1cc(-c2c(C)c(C)c(C)c(C)c2C)[n+](C)c(C)c1C. The Morgan fingerprint density at radius 3 is 1.52 bits per heavy atom. The van der Waals surface area contributed by atoms with Gasteiger partial charge in [-0.2, -0.15) is 4.57 Å². The van der Waals surface area contributed by atoms with Gasteiger partial charge in [0.15, 0.2) is 5.69 Å². The molecule has 0 bridgehead atoms. The first kappa shape index (κ1) is 15.8. The standard InChI is InChI=1S/C20H28N/c1-11-10-19(21(9)18(8)12(11)2)20-16(6)14(4)13(3)15(5)17(20)7/h10H,1-9H3/q+1. The molecule has 1 aromatic carbocycles. The smallest absolute Gasteiger partial charge is 0.198 e. The van der Waals surface area contributed by atoms with Crippen LogP contribution in [0.25, 0.3) is 11.3 Å². The van der Waals surface area contributed by atoms with Gasteiger partial charge >= 0.3 is 0 Å². The molecule has 1 heteroatoms. The van der Waals surface area contributed by atoms with Gasteiger partial charge in [0.1, 0.15) is 7.05 Å². The summed E-state index contributed by atoms with van der Waals surface area (Å²) in [7, 11) is 2.18. The summed E-state index contributed by atoms with van der Waals surface area (Å²) in [6.45, 7) is 17.9. The van der Waals surface area contributed by atoms with Crippen LogP contribution in [0.4, 0.5) is 0 Å². The van der Waals surface area contributed by atoms with Crippen LogP contribution in [-0.2, 0) is 7.05 Å². The van der Waals surface area contributed by atoms with Gasteiger partial charge in [0, 0.05) is 18.6 Å². The van der Waals surface area contributed by atoms with E-state index in [4.69, 9.17) is 0 Å². The van der Waals surface area contributed by atoms with E-state index < -0.39 is 0 Å². The van der Waals surface area contributed by atoms with Crippen LogP contribution >= 0.6 is 0 Å². The zero-order valence-electron chi connectivity index (χ0n) is 15.0. The van der Waals surface area contributed by atoms with Gasteiger partial charge in [-0.25, -0.2) is 0 Å². The van der Waals surface area contributed by atoms with Gasteiger partial charge in [0.2, 0.25) is 5.69 Å². The molecule has 0 fully saturated rings. The summed E-state index contributed by atoms with van der Waals surface area (Å²) in [6.07, 6.45) is 0. The van der Waals surface area contributed by atoms with Crippen molar-refractivity contribution in [1.82, 2.24) is 0 Å². The molecular weight excluding hydrogens is 254 g/mol. The average molecular weight is 282 g/mol. The molecule has 0 radical (unpaired) electrons. The molecule has 1 heterocycles.